The Bertz CT molecular complexity index is 776. The van der Waals surface area contributed by atoms with Crippen LogP contribution in [0.25, 0.3) is 0 Å². The second-order valence-electron chi connectivity index (χ2n) is 6.63. The topological polar surface area (TPSA) is 41.6 Å². The summed E-state index contributed by atoms with van der Waals surface area (Å²) in [6.07, 6.45) is 0.0574. The van der Waals surface area contributed by atoms with Crippen molar-refractivity contribution in [3.8, 4) is 5.75 Å². The van der Waals surface area contributed by atoms with E-state index in [2.05, 4.69) is 12.2 Å². The Balaban J connectivity index is 1.94. The van der Waals surface area contributed by atoms with Crippen molar-refractivity contribution in [2.75, 3.05) is 11.4 Å². The largest absolute Gasteiger partial charge is 0.491 e. The first-order valence-corrected chi connectivity index (χ1v) is 8.93. The maximum absolute atomic E-state index is 13.2. The maximum Gasteiger partial charge on any atom is 0.259 e. The van der Waals surface area contributed by atoms with E-state index in [1.807, 2.05) is 43.0 Å². The van der Waals surface area contributed by atoms with Crippen molar-refractivity contribution >= 4 is 23.2 Å². The van der Waals surface area contributed by atoms with Gasteiger partial charge in [0, 0.05) is 24.8 Å². The van der Waals surface area contributed by atoms with Crippen molar-refractivity contribution < 1.29 is 9.53 Å². The monoisotopic (exact) mass is 358 g/mol. The SMILES string of the molecule is CC1CN(C(=O)c2ccc(OC(C)C)cc2Cl)c2ccccc2CN1. The lowest BCUT2D eigenvalue weighted by Crippen LogP contribution is -2.39. The fourth-order valence-corrected chi connectivity index (χ4v) is 3.25. The lowest BCUT2D eigenvalue weighted by atomic mass is 10.1. The van der Waals surface area contributed by atoms with Gasteiger partial charge in [-0.15, -0.1) is 0 Å². The Kier molecular flexibility index (Phi) is 5.30. The van der Waals surface area contributed by atoms with Gasteiger partial charge in [0.2, 0.25) is 0 Å². The van der Waals surface area contributed by atoms with Crippen molar-refractivity contribution in [2.24, 2.45) is 0 Å². The van der Waals surface area contributed by atoms with Crippen molar-refractivity contribution in [3.63, 3.8) is 0 Å². The highest BCUT2D eigenvalue weighted by atomic mass is 35.5. The van der Waals surface area contributed by atoms with Gasteiger partial charge in [0.15, 0.2) is 0 Å². The van der Waals surface area contributed by atoms with Crippen LogP contribution in [0.1, 0.15) is 36.7 Å². The molecule has 5 heteroatoms. The summed E-state index contributed by atoms with van der Waals surface area (Å²) in [5, 5.41) is 3.84. The number of hydrogen-bond acceptors (Lipinski definition) is 3. The van der Waals surface area contributed by atoms with Crippen LogP contribution in [0.3, 0.4) is 0 Å². The fourth-order valence-electron chi connectivity index (χ4n) is 3.00. The Morgan fingerprint density at radius 3 is 2.76 bits per heavy atom. The second kappa shape index (κ2) is 7.46. The average Bonchev–Trinajstić information content (AvgIpc) is 2.73. The van der Waals surface area contributed by atoms with Gasteiger partial charge in [0.1, 0.15) is 5.75 Å². The summed E-state index contributed by atoms with van der Waals surface area (Å²) >= 11 is 6.39. The summed E-state index contributed by atoms with van der Waals surface area (Å²) < 4.78 is 5.65. The lowest BCUT2D eigenvalue weighted by Gasteiger charge is -2.25. The molecule has 0 bridgehead atoms. The lowest BCUT2D eigenvalue weighted by molar-refractivity contribution is 0.0985. The molecular formula is C20H23ClN2O2. The second-order valence-corrected chi connectivity index (χ2v) is 7.04. The molecule has 132 valence electrons. The van der Waals surface area contributed by atoms with E-state index < -0.39 is 0 Å². The highest BCUT2D eigenvalue weighted by Gasteiger charge is 2.26. The number of hydrogen-bond donors (Lipinski definition) is 1. The van der Waals surface area contributed by atoms with E-state index in [0.717, 1.165) is 17.8 Å². The van der Waals surface area contributed by atoms with Crippen molar-refractivity contribution in [1.29, 1.82) is 0 Å². The van der Waals surface area contributed by atoms with Crippen LogP contribution in [-0.2, 0) is 6.54 Å². The van der Waals surface area contributed by atoms with Gasteiger partial charge in [-0.2, -0.15) is 0 Å². The van der Waals surface area contributed by atoms with Crippen LogP contribution in [-0.4, -0.2) is 24.6 Å². The third-order valence-corrected chi connectivity index (χ3v) is 4.48. The molecule has 0 fully saturated rings. The molecule has 0 aliphatic carbocycles. The summed E-state index contributed by atoms with van der Waals surface area (Å²) in [5.74, 6) is 0.576. The van der Waals surface area contributed by atoms with Gasteiger partial charge in [-0.05, 0) is 50.6 Å². The van der Waals surface area contributed by atoms with Crippen molar-refractivity contribution in [3.05, 3.63) is 58.6 Å². The number of carbonyl (C=O) groups is 1. The van der Waals surface area contributed by atoms with Crippen LogP contribution in [0.2, 0.25) is 5.02 Å². The van der Waals surface area contributed by atoms with Crippen LogP contribution < -0.4 is 15.0 Å². The Labute approximate surface area is 153 Å². The number of nitrogens with one attached hydrogen (secondary N) is 1. The van der Waals surface area contributed by atoms with E-state index >= 15 is 0 Å². The molecule has 1 unspecified atom stereocenters. The van der Waals surface area contributed by atoms with Crippen LogP contribution in [0.4, 0.5) is 5.69 Å². The molecule has 1 aliphatic heterocycles. The van der Waals surface area contributed by atoms with Gasteiger partial charge in [-0.1, -0.05) is 29.8 Å². The molecule has 1 N–H and O–H groups in total. The Morgan fingerprint density at radius 1 is 1.28 bits per heavy atom. The fraction of sp³-hybridized carbons (Fsp3) is 0.350. The summed E-state index contributed by atoms with van der Waals surface area (Å²) in [7, 11) is 0. The normalized spacial score (nSPS) is 17.2. The molecule has 0 spiro atoms. The predicted octanol–water partition coefficient (Wildman–Crippen LogP) is 4.27. The molecule has 1 atom stereocenters. The molecule has 1 heterocycles. The zero-order valence-corrected chi connectivity index (χ0v) is 15.5. The number of amides is 1. The number of nitrogens with zero attached hydrogens (tertiary/aromatic N) is 1. The standard InChI is InChI=1S/C20H23ClN2O2/c1-13(2)25-16-8-9-17(18(21)10-16)20(24)23-12-14(3)22-11-15-6-4-5-7-19(15)23/h4-10,13-14,22H,11-12H2,1-3H3. The number of para-hydroxylation sites is 1. The van der Waals surface area contributed by atoms with Crippen LogP contribution in [0.15, 0.2) is 42.5 Å². The quantitative estimate of drug-likeness (QED) is 0.891. The maximum atomic E-state index is 13.2. The highest BCUT2D eigenvalue weighted by Crippen LogP contribution is 2.29. The molecule has 3 rings (SSSR count). The van der Waals surface area contributed by atoms with Gasteiger partial charge in [-0.25, -0.2) is 0 Å². The third kappa shape index (κ3) is 3.97. The van der Waals surface area contributed by atoms with E-state index in [1.165, 1.54) is 0 Å². The first-order valence-electron chi connectivity index (χ1n) is 8.55. The highest BCUT2D eigenvalue weighted by molar-refractivity contribution is 6.34. The molecule has 0 saturated heterocycles. The molecule has 2 aromatic rings. The molecule has 0 saturated carbocycles. The third-order valence-electron chi connectivity index (χ3n) is 4.17. The minimum absolute atomic E-state index is 0.0574. The number of carbonyl (C=O) groups excluding carboxylic acids is 1. The summed E-state index contributed by atoms with van der Waals surface area (Å²) in [4.78, 5) is 15.0. The van der Waals surface area contributed by atoms with E-state index in [-0.39, 0.29) is 18.1 Å². The van der Waals surface area contributed by atoms with Gasteiger partial charge < -0.3 is 15.0 Å². The summed E-state index contributed by atoms with van der Waals surface area (Å²) in [5.41, 5.74) is 2.53. The molecule has 0 aromatic heterocycles. The number of rotatable bonds is 3. The van der Waals surface area contributed by atoms with Gasteiger partial charge in [0.05, 0.1) is 16.7 Å². The molecule has 1 amide bonds. The Hall–Kier alpha value is -2.04. The minimum Gasteiger partial charge on any atom is -0.491 e. The van der Waals surface area contributed by atoms with Crippen molar-refractivity contribution in [2.45, 2.75) is 39.5 Å². The molecule has 2 aromatic carbocycles. The molecule has 1 aliphatic rings. The minimum atomic E-state index is -0.0934. The predicted molar refractivity (Wildman–Crippen MR) is 102 cm³/mol. The molecule has 0 radical (unpaired) electrons. The molecule has 4 nitrogen and oxygen atoms in total. The molecular weight excluding hydrogens is 336 g/mol. The number of benzene rings is 2. The number of anilines is 1. The summed E-state index contributed by atoms with van der Waals surface area (Å²) in [6.45, 7) is 7.32. The first kappa shape index (κ1) is 17.8. The van der Waals surface area contributed by atoms with E-state index in [4.69, 9.17) is 16.3 Å². The zero-order valence-electron chi connectivity index (χ0n) is 14.8. The van der Waals surface area contributed by atoms with Gasteiger partial charge in [0.25, 0.3) is 5.91 Å². The summed E-state index contributed by atoms with van der Waals surface area (Å²) in [6, 6.07) is 13.4. The van der Waals surface area contributed by atoms with E-state index in [0.29, 0.717) is 22.9 Å². The average molecular weight is 359 g/mol. The number of fused-ring (bicyclic) bond motifs is 1. The van der Waals surface area contributed by atoms with Crippen LogP contribution >= 0.6 is 11.6 Å². The first-order chi connectivity index (χ1) is 12.0. The van der Waals surface area contributed by atoms with Crippen molar-refractivity contribution in [1.82, 2.24) is 5.32 Å². The smallest absolute Gasteiger partial charge is 0.259 e. The Morgan fingerprint density at radius 2 is 2.04 bits per heavy atom. The number of ether oxygens (including phenoxy) is 1. The zero-order chi connectivity index (χ0) is 18.0. The van der Waals surface area contributed by atoms with Gasteiger partial charge in [-0.3, -0.25) is 4.79 Å². The van der Waals surface area contributed by atoms with E-state index in [9.17, 15) is 4.79 Å². The van der Waals surface area contributed by atoms with E-state index in [1.54, 1.807) is 18.2 Å². The van der Waals surface area contributed by atoms with Gasteiger partial charge >= 0.3 is 0 Å². The molecule has 25 heavy (non-hydrogen) atoms. The van der Waals surface area contributed by atoms with Crippen LogP contribution in [0.5, 0.6) is 5.75 Å². The number of halogens is 1. The van der Waals surface area contributed by atoms with Crippen LogP contribution in [0, 0.1) is 0 Å².